The molecule has 1 fully saturated rings. The fourth-order valence-electron chi connectivity index (χ4n) is 2.50. The summed E-state index contributed by atoms with van der Waals surface area (Å²) in [5.41, 5.74) is 6.45. The average molecular weight is 301 g/mol. The smallest absolute Gasteiger partial charge is 0.253 e. The Bertz CT molecular complexity index is 471. The van der Waals surface area contributed by atoms with Crippen LogP contribution in [0.1, 0.15) is 42.5 Å². The number of hydrogen-bond acceptors (Lipinski definition) is 2. The fraction of sp³-hybridized carbons (Fsp3) is 0.500. The van der Waals surface area contributed by atoms with Crippen LogP contribution in [0.2, 0.25) is 10.0 Å². The number of nitrogens with one attached hydrogen (secondary N) is 1. The van der Waals surface area contributed by atoms with Crippen molar-refractivity contribution in [2.45, 2.75) is 32.1 Å². The highest BCUT2D eigenvalue weighted by atomic mass is 35.5. The van der Waals surface area contributed by atoms with E-state index in [1.165, 1.54) is 38.2 Å². The van der Waals surface area contributed by atoms with Crippen molar-refractivity contribution in [1.29, 1.82) is 0 Å². The molecule has 5 heteroatoms. The third kappa shape index (κ3) is 3.77. The molecule has 2 rings (SSSR count). The molecule has 0 saturated heterocycles. The molecule has 1 aromatic rings. The van der Waals surface area contributed by atoms with Gasteiger partial charge in [-0.2, -0.15) is 0 Å². The molecule has 1 aliphatic rings. The van der Waals surface area contributed by atoms with Crippen LogP contribution in [-0.2, 0) is 0 Å². The lowest BCUT2D eigenvalue weighted by molar-refractivity contribution is 0.0944. The second-order valence-electron chi connectivity index (χ2n) is 5.06. The molecular formula is C14H18Cl2N2O. The molecule has 0 bridgehead atoms. The predicted molar refractivity (Wildman–Crippen MR) is 79.8 cm³/mol. The molecule has 0 heterocycles. The lowest BCUT2D eigenvalue weighted by Crippen LogP contribution is -2.30. The Morgan fingerprint density at radius 1 is 1.26 bits per heavy atom. The first-order valence-corrected chi connectivity index (χ1v) is 7.36. The van der Waals surface area contributed by atoms with Gasteiger partial charge in [0.25, 0.3) is 5.91 Å². The Balaban J connectivity index is 1.99. The monoisotopic (exact) mass is 300 g/mol. The van der Waals surface area contributed by atoms with Crippen LogP contribution in [0.4, 0.5) is 5.69 Å². The first-order chi connectivity index (χ1) is 9.08. The zero-order chi connectivity index (χ0) is 13.8. The van der Waals surface area contributed by atoms with Gasteiger partial charge >= 0.3 is 0 Å². The molecule has 0 atom stereocenters. The summed E-state index contributed by atoms with van der Waals surface area (Å²) in [6.07, 6.45) is 6.19. The molecule has 3 nitrogen and oxygen atoms in total. The minimum atomic E-state index is -0.201. The van der Waals surface area contributed by atoms with Gasteiger partial charge in [-0.1, -0.05) is 42.5 Å². The summed E-state index contributed by atoms with van der Waals surface area (Å²) in [5, 5.41) is 3.66. The SMILES string of the molecule is Nc1c(Cl)cc(Cl)cc1C(=O)NCC1CCCCC1. The molecule has 1 aromatic carbocycles. The highest BCUT2D eigenvalue weighted by Crippen LogP contribution is 2.28. The predicted octanol–water partition coefficient (Wildman–Crippen LogP) is 3.89. The van der Waals surface area contributed by atoms with Gasteiger partial charge in [0.2, 0.25) is 0 Å². The van der Waals surface area contributed by atoms with Crippen LogP contribution in [-0.4, -0.2) is 12.5 Å². The highest BCUT2D eigenvalue weighted by molar-refractivity contribution is 6.37. The number of carbonyl (C=O) groups is 1. The number of benzene rings is 1. The Labute approximate surface area is 123 Å². The Morgan fingerprint density at radius 3 is 2.63 bits per heavy atom. The summed E-state index contributed by atoms with van der Waals surface area (Å²) in [5.74, 6) is 0.376. The van der Waals surface area contributed by atoms with Crippen LogP contribution < -0.4 is 11.1 Å². The summed E-state index contributed by atoms with van der Waals surface area (Å²) in [6.45, 7) is 0.697. The Hall–Kier alpha value is -0.930. The molecule has 0 aromatic heterocycles. The maximum absolute atomic E-state index is 12.1. The lowest BCUT2D eigenvalue weighted by atomic mass is 9.89. The first kappa shape index (κ1) is 14.5. The average Bonchev–Trinajstić information content (AvgIpc) is 2.41. The molecule has 0 spiro atoms. The number of halogens is 2. The molecular weight excluding hydrogens is 283 g/mol. The highest BCUT2D eigenvalue weighted by Gasteiger charge is 2.17. The molecule has 1 aliphatic carbocycles. The third-order valence-corrected chi connectivity index (χ3v) is 4.15. The molecule has 0 aliphatic heterocycles. The van der Waals surface area contributed by atoms with Crippen molar-refractivity contribution < 1.29 is 4.79 Å². The number of rotatable bonds is 3. The second kappa shape index (κ2) is 6.49. The van der Waals surface area contributed by atoms with E-state index < -0.39 is 0 Å². The largest absolute Gasteiger partial charge is 0.397 e. The fourth-order valence-corrected chi connectivity index (χ4v) is 2.99. The molecule has 3 N–H and O–H groups in total. The second-order valence-corrected chi connectivity index (χ2v) is 5.91. The standard InChI is InChI=1S/C14H18Cl2N2O/c15-10-6-11(13(17)12(16)7-10)14(19)18-8-9-4-2-1-3-5-9/h6-7,9H,1-5,8,17H2,(H,18,19). The lowest BCUT2D eigenvalue weighted by Gasteiger charge is -2.22. The Kier molecular flexibility index (Phi) is 4.94. The number of hydrogen-bond donors (Lipinski definition) is 2. The number of anilines is 1. The first-order valence-electron chi connectivity index (χ1n) is 6.60. The molecule has 0 radical (unpaired) electrons. The van der Waals surface area contributed by atoms with Gasteiger partial charge in [-0.05, 0) is 30.9 Å². The Morgan fingerprint density at radius 2 is 1.95 bits per heavy atom. The van der Waals surface area contributed by atoms with Crippen LogP contribution in [0, 0.1) is 5.92 Å². The van der Waals surface area contributed by atoms with Crippen molar-refractivity contribution in [1.82, 2.24) is 5.32 Å². The van der Waals surface area contributed by atoms with E-state index in [1.54, 1.807) is 6.07 Å². The van der Waals surface area contributed by atoms with Gasteiger partial charge in [0, 0.05) is 11.6 Å². The van der Waals surface area contributed by atoms with Gasteiger partial charge in [0.1, 0.15) is 0 Å². The van der Waals surface area contributed by atoms with E-state index in [0.717, 1.165) is 0 Å². The van der Waals surface area contributed by atoms with Crippen LogP contribution in [0.25, 0.3) is 0 Å². The van der Waals surface area contributed by atoms with Crippen LogP contribution in [0.3, 0.4) is 0 Å². The summed E-state index contributed by atoms with van der Waals surface area (Å²) < 4.78 is 0. The third-order valence-electron chi connectivity index (χ3n) is 3.61. The van der Waals surface area contributed by atoms with E-state index >= 15 is 0 Å². The quantitative estimate of drug-likeness (QED) is 0.832. The summed E-state index contributed by atoms with van der Waals surface area (Å²) in [7, 11) is 0. The molecule has 19 heavy (non-hydrogen) atoms. The zero-order valence-corrected chi connectivity index (χ0v) is 12.2. The van der Waals surface area contributed by atoms with Crippen molar-refractivity contribution >= 4 is 34.8 Å². The van der Waals surface area contributed by atoms with Gasteiger partial charge in [-0.3, -0.25) is 4.79 Å². The van der Waals surface area contributed by atoms with Crippen molar-refractivity contribution in [2.75, 3.05) is 12.3 Å². The summed E-state index contributed by atoms with van der Waals surface area (Å²) in [4.78, 5) is 12.1. The van der Waals surface area contributed by atoms with Gasteiger partial charge in [0.05, 0.1) is 16.3 Å². The maximum atomic E-state index is 12.1. The number of carbonyl (C=O) groups excluding carboxylic acids is 1. The van der Waals surface area contributed by atoms with Gasteiger partial charge in [-0.15, -0.1) is 0 Å². The molecule has 0 unspecified atom stereocenters. The van der Waals surface area contributed by atoms with Crippen molar-refractivity contribution in [2.24, 2.45) is 5.92 Å². The van der Waals surface area contributed by atoms with E-state index in [1.807, 2.05) is 0 Å². The van der Waals surface area contributed by atoms with Crippen molar-refractivity contribution in [3.8, 4) is 0 Å². The minimum absolute atomic E-state index is 0.201. The van der Waals surface area contributed by atoms with Gasteiger partial charge in [0.15, 0.2) is 0 Å². The molecule has 1 saturated carbocycles. The molecule has 1 amide bonds. The van der Waals surface area contributed by atoms with E-state index in [-0.39, 0.29) is 11.6 Å². The van der Waals surface area contributed by atoms with E-state index in [0.29, 0.717) is 28.1 Å². The van der Waals surface area contributed by atoms with Crippen LogP contribution in [0.15, 0.2) is 12.1 Å². The topological polar surface area (TPSA) is 55.1 Å². The summed E-state index contributed by atoms with van der Waals surface area (Å²) in [6, 6.07) is 3.09. The van der Waals surface area contributed by atoms with Crippen LogP contribution >= 0.6 is 23.2 Å². The number of nitrogen functional groups attached to an aromatic ring is 1. The number of nitrogens with two attached hydrogens (primary N) is 1. The summed E-state index contributed by atoms with van der Waals surface area (Å²) >= 11 is 11.8. The van der Waals surface area contributed by atoms with Gasteiger partial charge < -0.3 is 11.1 Å². The van der Waals surface area contributed by atoms with Crippen molar-refractivity contribution in [3.05, 3.63) is 27.7 Å². The van der Waals surface area contributed by atoms with E-state index in [4.69, 9.17) is 28.9 Å². The molecule has 104 valence electrons. The minimum Gasteiger partial charge on any atom is -0.397 e. The van der Waals surface area contributed by atoms with Crippen LogP contribution in [0.5, 0.6) is 0 Å². The van der Waals surface area contributed by atoms with E-state index in [9.17, 15) is 4.79 Å². The van der Waals surface area contributed by atoms with Crippen molar-refractivity contribution in [3.63, 3.8) is 0 Å². The zero-order valence-electron chi connectivity index (χ0n) is 10.7. The normalized spacial score (nSPS) is 16.3. The maximum Gasteiger partial charge on any atom is 0.253 e. The van der Waals surface area contributed by atoms with E-state index in [2.05, 4.69) is 5.32 Å². The van der Waals surface area contributed by atoms with Gasteiger partial charge in [-0.25, -0.2) is 0 Å². The number of amides is 1.